The molecular weight excluding hydrogens is 352 g/mol. The molecule has 8 heteroatoms. The fourth-order valence-corrected chi connectivity index (χ4v) is 4.23. The molecule has 0 unspecified atom stereocenters. The average Bonchev–Trinajstić information content (AvgIpc) is 3.36. The van der Waals surface area contributed by atoms with Gasteiger partial charge in [0, 0.05) is 31.2 Å². The number of nitrogens with one attached hydrogen (secondary N) is 1. The molecule has 2 atom stereocenters. The summed E-state index contributed by atoms with van der Waals surface area (Å²) in [5.41, 5.74) is 2.01. The largest absolute Gasteiger partial charge is 0.368 e. The van der Waals surface area contributed by atoms with Crippen molar-refractivity contribution in [3.8, 4) is 0 Å². The molecule has 3 heterocycles. The Morgan fingerprint density at radius 1 is 1.35 bits per heavy atom. The summed E-state index contributed by atoms with van der Waals surface area (Å²) in [6.07, 6.45) is 1.65. The Morgan fingerprint density at radius 2 is 2.19 bits per heavy atom. The summed E-state index contributed by atoms with van der Waals surface area (Å²) in [5.74, 6) is -0.0911. The first kappa shape index (κ1) is 17.1. The number of amides is 2. The predicted molar refractivity (Wildman–Crippen MR) is 98.4 cm³/mol. The Hall–Kier alpha value is -2.32. The van der Waals surface area contributed by atoms with Gasteiger partial charge in [0.2, 0.25) is 11.0 Å². The molecule has 0 saturated carbocycles. The molecule has 2 aromatic rings. The lowest BCUT2D eigenvalue weighted by Gasteiger charge is -2.18. The molecule has 2 saturated heterocycles. The minimum absolute atomic E-state index is 0.00649. The third-order valence-corrected chi connectivity index (χ3v) is 5.77. The number of ether oxygens (including phenoxy) is 1. The van der Waals surface area contributed by atoms with Crippen molar-refractivity contribution in [3.63, 3.8) is 0 Å². The van der Waals surface area contributed by atoms with E-state index in [1.54, 1.807) is 0 Å². The van der Waals surface area contributed by atoms with Crippen LogP contribution < -0.4 is 10.2 Å². The zero-order valence-electron chi connectivity index (χ0n) is 14.5. The fraction of sp³-hybridized carbons (Fsp3) is 0.444. The highest BCUT2D eigenvalue weighted by atomic mass is 32.1. The van der Waals surface area contributed by atoms with Crippen LogP contribution in [0.3, 0.4) is 0 Å². The minimum Gasteiger partial charge on any atom is -0.368 e. The molecule has 2 aliphatic rings. The van der Waals surface area contributed by atoms with E-state index in [0.717, 1.165) is 29.1 Å². The minimum atomic E-state index is -0.396. The van der Waals surface area contributed by atoms with Gasteiger partial charge in [-0.3, -0.25) is 14.9 Å². The average molecular weight is 372 g/mol. The monoisotopic (exact) mass is 372 g/mol. The topological polar surface area (TPSA) is 84.4 Å². The van der Waals surface area contributed by atoms with Crippen LogP contribution in [0.15, 0.2) is 24.3 Å². The zero-order valence-corrected chi connectivity index (χ0v) is 15.3. The third kappa shape index (κ3) is 3.34. The first-order chi connectivity index (χ1) is 12.6. The summed E-state index contributed by atoms with van der Waals surface area (Å²) in [5, 5.41) is 12.3. The summed E-state index contributed by atoms with van der Waals surface area (Å²) >= 11 is 1.33. The van der Waals surface area contributed by atoms with E-state index < -0.39 is 6.10 Å². The maximum absolute atomic E-state index is 12.5. The first-order valence-electron chi connectivity index (χ1n) is 8.73. The van der Waals surface area contributed by atoms with E-state index in [4.69, 9.17) is 4.74 Å². The Bertz CT molecular complexity index is 831. The van der Waals surface area contributed by atoms with Crippen LogP contribution >= 0.6 is 11.3 Å². The molecule has 2 aliphatic heterocycles. The van der Waals surface area contributed by atoms with E-state index in [1.165, 1.54) is 11.3 Å². The maximum atomic E-state index is 12.5. The lowest BCUT2D eigenvalue weighted by Crippen LogP contribution is -2.26. The number of anilines is 2. The summed E-state index contributed by atoms with van der Waals surface area (Å²) in [6, 6.07) is 7.86. The van der Waals surface area contributed by atoms with Crippen molar-refractivity contribution in [1.82, 2.24) is 10.2 Å². The Labute approximate surface area is 155 Å². The van der Waals surface area contributed by atoms with E-state index in [1.807, 2.05) is 36.1 Å². The summed E-state index contributed by atoms with van der Waals surface area (Å²) in [4.78, 5) is 26.4. The molecule has 1 aromatic carbocycles. The van der Waals surface area contributed by atoms with Gasteiger partial charge in [-0.2, -0.15) is 0 Å². The number of hydrogen-bond donors (Lipinski definition) is 1. The molecule has 4 rings (SSSR count). The number of carbonyl (C=O) groups is 2. The van der Waals surface area contributed by atoms with Crippen molar-refractivity contribution in [1.29, 1.82) is 0 Å². The smallest absolute Gasteiger partial charge is 0.255 e. The normalized spacial score (nSPS) is 22.8. The van der Waals surface area contributed by atoms with Gasteiger partial charge in [0.05, 0.1) is 0 Å². The van der Waals surface area contributed by atoms with Gasteiger partial charge >= 0.3 is 0 Å². The number of hydrogen-bond acceptors (Lipinski definition) is 6. The number of para-hydroxylation sites is 1. The van der Waals surface area contributed by atoms with Crippen molar-refractivity contribution >= 4 is 34.0 Å². The highest BCUT2D eigenvalue weighted by Gasteiger charge is 2.34. The predicted octanol–water partition coefficient (Wildman–Crippen LogP) is 2.48. The van der Waals surface area contributed by atoms with Crippen LogP contribution in [0.25, 0.3) is 0 Å². The first-order valence-corrected chi connectivity index (χ1v) is 9.55. The molecule has 0 spiro atoms. The second-order valence-electron chi connectivity index (χ2n) is 6.63. The molecule has 7 nitrogen and oxygen atoms in total. The molecule has 2 fully saturated rings. The molecular formula is C18H20N4O3S. The summed E-state index contributed by atoms with van der Waals surface area (Å²) in [7, 11) is 0. The van der Waals surface area contributed by atoms with Gasteiger partial charge in [0.1, 0.15) is 11.1 Å². The van der Waals surface area contributed by atoms with E-state index in [2.05, 4.69) is 15.5 Å². The Morgan fingerprint density at radius 3 is 2.96 bits per heavy atom. The summed E-state index contributed by atoms with van der Waals surface area (Å²) in [6.45, 7) is 3.20. The molecule has 2 amide bonds. The lowest BCUT2D eigenvalue weighted by molar-refractivity contribution is -0.124. The number of benzene rings is 1. The van der Waals surface area contributed by atoms with Crippen LogP contribution in [0.5, 0.6) is 0 Å². The SMILES string of the molecule is Cc1ccccc1N1C[C@@H](c2nnc(NC(=O)[C@@H]3CCCO3)s2)CC1=O. The highest BCUT2D eigenvalue weighted by Crippen LogP contribution is 2.35. The quantitative estimate of drug-likeness (QED) is 0.891. The fourth-order valence-electron chi connectivity index (χ4n) is 3.39. The van der Waals surface area contributed by atoms with Crippen molar-refractivity contribution in [2.75, 3.05) is 23.4 Å². The van der Waals surface area contributed by atoms with Crippen LogP contribution in [0, 0.1) is 6.92 Å². The molecule has 1 N–H and O–H groups in total. The van der Waals surface area contributed by atoms with Gasteiger partial charge in [-0.05, 0) is 31.4 Å². The highest BCUT2D eigenvalue weighted by molar-refractivity contribution is 7.15. The van der Waals surface area contributed by atoms with Crippen molar-refractivity contribution in [3.05, 3.63) is 34.8 Å². The number of aryl methyl sites for hydroxylation is 1. The van der Waals surface area contributed by atoms with Crippen LogP contribution in [0.2, 0.25) is 0 Å². The van der Waals surface area contributed by atoms with Crippen LogP contribution in [-0.2, 0) is 14.3 Å². The third-order valence-electron chi connectivity index (χ3n) is 4.77. The van der Waals surface area contributed by atoms with Crippen molar-refractivity contribution in [2.45, 2.75) is 38.2 Å². The second-order valence-corrected chi connectivity index (χ2v) is 7.64. The number of aromatic nitrogens is 2. The van der Waals surface area contributed by atoms with Crippen LogP contribution in [0.1, 0.15) is 35.8 Å². The van der Waals surface area contributed by atoms with Crippen LogP contribution in [-0.4, -0.2) is 41.3 Å². The molecule has 26 heavy (non-hydrogen) atoms. The maximum Gasteiger partial charge on any atom is 0.255 e. The Kier molecular flexibility index (Phi) is 4.69. The van der Waals surface area contributed by atoms with Gasteiger partial charge in [0.25, 0.3) is 5.91 Å². The van der Waals surface area contributed by atoms with Gasteiger partial charge in [-0.1, -0.05) is 29.5 Å². The standard InChI is InChI=1S/C18H20N4O3S/c1-11-5-2-3-6-13(11)22-10-12(9-15(22)23)17-20-21-18(26-17)19-16(24)14-7-4-8-25-14/h2-3,5-6,12,14H,4,7-10H2,1H3,(H,19,21,24)/t12-,14-/m0/s1. The molecule has 0 aliphatic carbocycles. The number of rotatable bonds is 4. The molecule has 1 aromatic heterocycles. The van der Waals surface area contributed by atoms with Crippen molar-refractivity contribution in [2.24, 2.45) is 0 Å². The van der Waals surface area contributed by atoms with Gasteiger partial charge in [0.15, 0.2) is 0 Å². The summed E-state index contributed by atoms with van der Waals surface area (Å²) < 4.78 is 5.37. The van der Waals surface area contributed by atoms with E-state index in [9.17, 15) is 9.59 Å². The van der Waals surface area contributed by atoms with E-state index >= 15 is 0 Å². The number of carbonyl (C=O) groups excluding carboxylic acids is 2. The molecule has 0 radical (unpaired) electrons. The van der Waals surface area contributed by atoms with Gasteiger partial charge < -0.3 is 9.64 Å². The molecule has 136 valence electrons. The van der Waals surface area contributed by atoms with Gasteiger partial charge in [-0.25, -0.2) is 0 Å². The van der Waals surface area contributed by atoms with Crippen LogP contribution in [0.4, 0.5) is 10.8 Å². The lowest BCUT2D eigenvalue weighted by atomic mass is 10.1. The Balaban J connectivity index is 1.44. The zero-order chi connectivity index (χ0) is 18.1. The van der Waals surface area contributed by atoms with E-state index in [-0.39, 0.29) is 17.7 Å². The molecule has 0 bridgehead atoms. The van der Waals surface area contributed by atoms with Crippen molar-refractivity contribution < 1.29 is 14.3 Å². The number of nitrogens with zero attached hydrogens (tertiary/aromatic N) is 3. The second kappa shape index (κ2) is 7.13. The van der Waals surface area contributed by atoms with Gasteiger partial charge in [-0.15, -0.1) is 10.2 Å². The van der Waals surface area contributed by atoms with E-state index in [0.29, 0.717) is 24.7 Å².